The first-order valence-corrected chi connectivity index (χ1v) is 7.07. The number of nitrogens with zero attached hydrogens (tertiary/aromatic N) is 2. The van der Waals surface area contributed by atoms with Crippen molar-refractivity contribution in [3.8, 4) is 0 Å². The Kier molecular flexibility index (Phi) is 3.76. The number of fused-ring (bicyclic) bond motifs is 1. The predicted molar refractivity (Wildman–Crippen MR) is 79.1 cm³/mol. The fourth-order valence-electron chi connectivity index (χ4n) is 2.89. The molecular formula is C16H21N3. The van der Waals surface area contributed by atoms with Gasteiger partial charge in [-0.15, -0.1) is 0 Å². The van der Waals surface area contributed by atoms with Crippen LogP contribution in [-0.4, -0.2) is 36.1 Å². The van der Waals surface area contributed by atoms with E-state index >= 15 is 0 Å². The molecule has 1 aliphatic rings. The lowest BCUT2D eigenvalue weighted by atomic mass is 10.1. The summed E-state index contributed by atoms with van der Waals surface area (Å²) in [5, 5.41) is 4.78. The lowest BCUT2D eigenvalue weighted by Crippen LogP contribution is -2.34. The number of likely N-dealkylation sites (N-methyl/N-ethyl adjacent to an activating group) is 1. The van der Waals surface area contributed by atoms with E-state index in [1.54, 1.807) is 0 Å². The second-order valence-corrected chi connectivity index (χ2v) is 5.52. The van der Waals surface area contributed by atoms with Crippen LogP contribution >= 0.6 is 0 Å². The minimum absolute atomic E-state index is 0.673. The summed E-state index contributed by atoms with van der Waals surface area (Å²) >= 11 is 0. The molecule has 19 heavy (non-hydrogen) atoms. The van der Waals surface area contributed by atoms with Crippen LogP contribution in [0.1, 0.15) is 18.4 Å². The number of pyridine rings is 1. The van der Waals surface area contributed by atoms with Gasteiger partial charge < -0.3 is 10.2 Å². The predicted octanol–water partition coefficient (Wildman–Crippen LogP) is 2.42. The van der Waals surface area contributed by atoms with Crippen molar-refractivity contribution in [1.82, 2.24) is 15.2 Å². The monoisotopic (exact) mass is 255 g/mol. The summed E-state index contributed by atoms with van der Waals surface area (Å²) in [4.78, 5) is 6.76. The van der Waals surface area contributed by atoms with Crippen molar-refractivity contribution in [1.29, 1.82) is 0 Å². The molecule has 2 heterocycles. The quantitative estimate of drug-likeness (QED) is 0.909. The minimum Gasteiger partial charge on any atom is -0.313 e. The van der Waals surface area contributed by atoms with Crippen molar-refractivity contribution >= 4 is 10.9 Å². The van der Waals surface area contributed by atoms with Gasteiger partial charge >= 0.3 is 0 Å². The fraction of sp³-hybridized carbons (Fsp3) is 0.438. The van der Waals surface area contributed by atoms with Crippen molar-refractivity contribution in [3.63, 3.8) is 0 Å². The summed E-state index contributed by atoms with van der Waals surface area (Å²) in [5.41, 5.74) is 2.44. The van der Waals surface area contributed by atoms with Gasteiger partial charge in [-0.1, -0.05) is 12.1 Å². The summed E-state index contributed by atoms with van der Waals surface area (Å²) in [7, 11) is 2.20. The maximum Gasteiger partial charge on any atom is 0.0702 e. The molecule has 1 unspecified atom stereocenters. The first-order chi connectivity index (χ1) is 9.31. The van der Waals surface area contributed by atoms with Crippen LogP contribution < -0.4 is 5.32 Å². The zero-order valence-corrected chi connectivity index (χ0v) is 11.5. The third-order valence-corrected chi connectivity index (χ3v) is 3.81. The van der Waals surface area contributed by atoms with E-state index in [-0.39, 0.29) is 0 Å². The molecular weight excluding hydrogens is 234 g/mol. The van der Waals surface area contributed by atoms with Crippen LogP contribution in [0.3, 0.4) is 0 Å². The average molecular weight is 255 g/mol. The molecule has 1 saturated heterocycles. The third-order valence-electron chi connectivity index (χ3n) is 3.81. The van der Waals surface area contributed by atoms with Gasteiger partial charge in [-0.25, -0.2) is 0 Å². The number of hydrogen-bond acceptors (Lipinski definition) is 3. The van der Waals surface area contributed by atoms with E-state index in [1.165, 1.54) is 30.3 Å². The summed E-state index contributed by atoms with van der Waals surface area (Å²) < 4.78 is 0. The summed E-state index contributed by atoms with van der Waals surface area (Å²) in [6.45, 7) is 3.31. The molecule has 1 atom stereocenters. The van der Waals surface area contributed by atoms with Crippen molar-refractivity contribution in [2.75, 3.05) is 20.1 Å². The Hall–Kier alpha value is -1.45. The molecule has 0 aliphatic carbocycles. The van der Waals surface area contributed by atoms with Gasteiger partial charge in [0.2, 0.25) is 0 Å². The molecule has 1 N–H and O–H groups in total. The normalized spacial score (nSPS) is 19.4. The number of aromatic nitrogens is 1. The highest BCUT2D eigenvalue weighted by Crippen LogP contribution is 2.15. The third kappa shape index (κ3) is 3.11. The van der Waals surface area contributed by atoms with Gasteiger partial charge in [0.15, 0.2) is 0 Å². The first kappa shape index (κ1) is 12.6. The van der Waals surface area contributed by atoms with Crippen LogP contribution in [0.25, 0.3) is 10.9 Å². The summed E-state index contributed by atoms with van der Waals surface area (Å²) in [5.74, 6) is 0. The number of hydrogen-bond donors (Lipinski definition) is 1. The molecule has 3 rings (SSSR count). The topological polar surface area (TPSA) is 28.2 Å². The van der Waals surface area contributed by atoms with Gasteiger partial charge in [0, 0.05) is 30.7 Å². The molecule has 0 bridgehead atoms. The van der Waals surface area contributed by atoms with Crippen molar-refractivity contribution in [2.45, 2.75) is 25.4 Å². The van der Waals surface area contributed by atoms with Crippen LogP contribution in [0.5, 0.6) is 0 Å². The highest BCUT2D eigenvalue weighted by Gasteiger charge is 2.15. The fourth-order valence-corrected chi connectivity index (χ4v) is 2.89. The smallest absolute Gasteiger partial charge is 0.0702 e. The highest BCUT2D eigenvalue weighted by molar-refractivity contribution is 5.78. The second-order valence-electron chi connectivity index (χ2n) is 5.52. The molecule has 0 saturated carbocycles. The van der Waals surface area contributed by atoms with E-state index in [1.807, 2.05) is 12.3 Å². The number of nitrogens with one attached hydrogen (secondary N) is 1. The van der Waals surface area contributed by atoms with Crippen LogP contribution in [0.4, 0.5) is 0 Å². The van der Waals surface area contributed by atoms with E-state index in [9.17, 15) is 0 Å². The van der Waals surface area contributed by atoms with E-state index in [0.29, 0.717) is 6.04 Å². The Balaban J connectivity index is 1.66. The van der Waals surface area contributed by atoms with Crippen LogP contribution in [-0.2, 0) is 6.54 Å². The average Bonchev–Trinajstić information content (AvgIpc) is 2.91. The Bertz CT molecular complexity index is 546. The van der Waals surface area contributed by atoms with Gasteiger partial charge in [-0.3, -0.25) is 4.98 Å². The molecule has 0 spiro atoms. The lowest BCUT2D eigenvalue weighted by molar-refractivity contribution is 0.293. The van der Waals surface area contributed by atoms with Gasteiger partial charge in [0.25, 0.3) is 0 Å². The Labute approximate surface area is 114 Å². The van der Waals surface area contributed by atoms with E-state index in [4.69, 9.17) is 0 Å². The number of benzene rings is 1. The van der Waals surface area contributed by atoms with E-state index < -0.39 is 0 Å². The zero-order valence-electron chi connectivity index (χ0n) is 11.5. The van der Waals surface area contributed by atoms with Crippen molar-refractivity contribution in [3.05, 3.63) is 42.1 Å². The first-order valence-electron chi connectivity index (χ1n) is 7.07. The molecule has 1 fully saturated rings. The molecule has 3 nitrogen and oxygen atoms in total. The van der Waals surface area contributed by atoms with Crippen LogP contribution in [0.2, 0.25) is 0 Å². The molecule has 2 aromatic rings. The largest absolute Gasteiger partial charge is 0.313 e. The molecule has 0 radical (unpaired) electrons. The standard InChI is InChI=1S/C16H21N3/c1-19(12-15-5-3-8-17-15)11-13-6-7-16-14(10-13)4-2-9-18-16/h2,4,6-7,9-10,15,17H,3,5,8,11-12H2,1H3. The SMILES string of the molecule is CN(Cc1ccc2ncccc2c1)CC1CCCN1. The Morgan fingerprint density at radius 1 is 1.37 bits per heavy atom. The van der Waals surface area contributed by atoms with Crippen LogP contribution in [0.15, 0.2) is 36.5 Å². The van der Waals surface area contributed by atoms with Crippen molar-refractivity contribution < 1.29 is 0 Å². The van der Waals surface area contributed by atoms with Gasteiger partial charge in [0.05, 0.1) is 5.52 Å². The molecule has 3 heteroatoms. The van der Waals surface area contributed by atoms with E-state index in [2.05, 4.69) is 46.5 Å². The lowest BCUT2D eigenvalue weighted by Gasteiger charge is -2.21. The number of rotatable bonds is 4. The second kappa shape index (κ2) is 5.68. The summed E-state index contributed by atoms with van der Waals surface area (Å²) in [6.07, 6.45) is 4.48. The summed E-state index contributed by atoms with van der Waals surface area (Å²) in [6, 6.07) is 11.4. The minimum atomic E-state index is 0.673. The Morgan fingerprint density at radius 3 is 3.16 bits per heavy atom. The highest BCUT2D eigenvalue weighted by atomic mass is 15.1. The van der Waals surface area contributed by atoms with E-state index in [0.717, 1.165) is 18.6 Å². The zero-order chi connectivity index (χ0) is 13.1. The van der Waals surface area contributed by atoms with Gasteiger partial charge in [0.1, 0.15) is 0 Å². The van der Waals surface area contributed by atoms with Gasteiger partial charge in [-0.05, 0) is 50.2 Å². The molecule has 100 valence electrons. The molecule has 1 aliphatic heterocycles. The Morgan fingerprint density at radius 2 is 2.32 bits per heavy atom. The van der Waals surface area contributed by atoms with Crippen LogP contribution in [0, 0.1) is 0 Å². The maximum atomic E-state index is 4.36. The molecule has 0 amide bonds. The molecule has 1 aromatic carbocycles. The molecule has 1 aromatic heterocycles. The van der Waals surface area contributed by atoms with Gasteiger partial charge in [-0.2, -0.15) is 0 Å². The maximum absolute atomic E-state index is 4.36. The van der Waals surface area contributed by atoms with Crippen molar-refractivity contribution in [2.24, 2.45) is 0 Å².